The van der Waals surface area contributed by atoms with Crippen molar-refractivity contribution in [2.24, 2.45) is 0 Å². The molecule has 0 atom stereocenters. The van der Waals surface area contributed by atoms with E-state index in [1.54, 1.807) is 26.0 Å². The summed E-state index contributed by atoms with van der Waals surface area (Å²) in [6, 6.07) is 3.50. The van der Waals surface area contributed by atoms with Crippen molar-refractivity contribution in [2.45, 2.75) is 27.2 Å². The van der Waals surface area contributed by atoms with Gasteiger partial charge in [-0.25, -0.2) is 4.79 Å². The van der Waals surface area contributed by atoms with Gasteiger partial charge in [-0.2, -0.15) is 0 Å². The predicted molar refractivity (Wildman–Crippen MR) is 87.5 cm³/mol. The van der Waals surface area contributed by atoms with Gasteiger partial charge in [0.05, 0.1) is 6.42 Å². The summed E-state index contributed by atoms with van der Waals surface area (Å²) in [6.45, 7) is 5.10. The highest BCUT2D eigenvalue weighted by atomic mass is 16.5. The maximum Gasteiger partial charge on any atom is 0.339 e. The van der Waals surface area contributed by atoms with Gasteiger partial charge in [0, 0.05) is 23.1 Å². The standard InChI is InChI=1S/C17H19NO6/c1-9-10(2)17(22)24-16-11(3)13(5-4-12(9)16)23-8-14(19)18-7-6-15(20)21/h4-5H,6-8H2,1-3H3,(H,18,19)(H,20,21). The summed E-state index contributed by atoms with van der Waals surface area (Å²) >= 11 is 0. The van der Waals surface area contributed by atoms with Crippen molar-refractivity contribution in [2.75, 3.05) is 13.2 Å². The molecule has 2 aromatic rings. The number of benzene rings is 1. The van der Waals surface area contributed by atoms with Gasteiger partial charge in [-0.1, -0.05) is 0 Å². The number of fused-ring (bicyclic) bond motifs is 1. The number of carbonyl (C=O) groups is 2. The first kappa shape index (κ1) is 17.5. The first-order valence-electron chi connectivity index (χ1n) is 7.46. The van der Waals surface area contributed by atoms with Gasteiger partial charge < -0.3 is 19.6 Å². The third-order valence-corrected chi connectivity index (χ3v) is 3.84. The molecule has 2 N–H and O–H groups in total. The molecule has 128 valence electrons. The lowest BCUT2D eigenvalue weighted by atomic mass is 10.0. The quantitative estimate of drug-likeness (QED) is 0.779. The van der Waals surface area contributed by atoms with Gasteiger partial charge in [-0.15, -0.1) is 0 Å². The van der Waals surface area contributed by atoms with Crippen LogP contribution in [0.25, 0.3) is 11.0 Å². The fraction of sp³-hybridized carbons (Fsp3) is 0.353. The summed E-state index contributed by atoms with van der Waals surface area (Å²) in [5.74, 6) is -0.971. The van der Waals surface area contributed by atoms with E-state index in [0.717, 1.165) is 10.9 Å². The van der Waals surface area contributed by atoms with Crippen LogP contribution >= 0.6 is 0 Å². The number of aliphatic carboxylic acids is 1. The molecule has 0 aliphatic rings. The topological polar surface area (TPSA) is 106 Å². The van der Waals surface area contributed by atoms with Crippen LogP contribution < -0.4 is 15.7 Å². The van der Waals surface area contributed by atoms with Gasteiger partial charge in [-0.3, -0.25) is 9.59 Å². The van der Waals surface area contributed by atoms with Crippen LogP contribution in [-0.2, 0) is 9.59 Å². The monoisotopic (exact) mass is 333 g/mol. The van der Waals surface area contributed by atoms with E-state index in [-0.39, 0.29) is 19.6 Å². The van der Waals surface area contributed by atoms with Gasteiger partial charge in [-0.05, 0) is 38.5 Å². The lowest BCUT2D eigenvalue weighted by molar-refractivity contribution is -0.137. The van der Waals surface area contributed by atoms with Crippen molar-refractivity contribution in [1.29, 1.82) is 0 Å². The van der Waals surface area contributed by atoms with Gasteiger partial charge in [0.25, 0.3) is 5.91 Å². The van der Waals surface area contributed by atoms with E-state index in [4.69, 9.17) is 14.3 Å². The summed E-state index contributed by atoms with van der Waals surface area (Å²) < 4.78 is 10.8. The van der Waals surface area contributed by atoms with E-state index < -0.39 is 17.5 Å². The SMILES string of the molecule is Cc1c(C)c2ccc(OCC(=O)NCCC(=O)O)c(C)c2oc1=O. The average molecular weight is 333 g/mol. The highest BCUT2D eigenvalue weighted by molar-refractivity contribution is 5.85. The maximum atomic E-state index is 11.8. The molecule has 2 rings (SSSR count). The molecule has 0 aliphatic carbocycles. The summed E-state index contributed by atoms with van der Waals surface area (Å²) in [5, 5.41) is 11.8. The molecule has 0 spiro atoms. The molecule has 0 saturated heterocycles. The van der Waals surface area contributed by atoms with Crippen LogP contribution in [0.15, 0.2) is 21.3 Å². The highest BCUT2D eigenvalue weighted by Gasteiger charge is 2.13. The number of hydrogen-bond acceptors (Lipinski definition) is 5. The van der Waals surface area contributed by atoms with E-state index in [2.05, 4.69) is 5.32 Å². The fourth-order valence-electron chi connectivity index (χ4n) is 2.28. The molecule has 0 aliphatic heterocycles. The number of carbonyl (C=O) groups excluding carboxylic acids is 1. The van der Waals surface area contributed by atoms with Crippen LogP contribution in [0.5, 0.6) is 5.75 Å². The number of carboxylic acid groups (broad SMARTS) is 1. The number of amides is 1. The Morgan fingerprint density at radius 1 is 1.17 bits per heavy atom. The highest BCUT2D eigenvalue weighted by Crippen LogP contribution is 2.29. The molecule has 0 unspecified atom stereocenters. The second-order valence-electron chi connectivity index (χ2n) is 5.49. The molecular formula is C17H19NO6. The molecule has 1 aromatic heterocycles. The first-order valence-corrected chi connectivity index (χ1v) is 7.46. The molecule has 1 aromatic carbocycles. The number of aryl methyl sites for hydroxylation is 2. The predicted octanol–water partition coefficient (Wildman–Crippen LogP) is 1.69. The fourth-order valence-corrected chi connectivity index (χ4v) is 2.28. The molecule has 0 bridgehead atoms. The zero-order valence-corrected chi connectivity index (χ0v) is 13.8. The Labute approximate surface area is 138 Å². The molecule has 7 heteroatoms. The first-order chi connectivity index (χ1) is 11.3. The van der Waals surface area contributed by atoms with Crippen molar-refractivity contribution < 1.29 is 23.8 Å². The van der Waals surface area contributed by atoms with Gasteiger partial charge in [0.2, 0.25) is 0 Å². The Kier molecular flexibility index (Phi) is 5.23. The van der Waals surface area contributed by atoms with Crippen molar-refractivity contribution in [3.63, 3.8) is 0 Å². The summed E-state index contributed by atoms with van der Waals surface area (Å²) in [6.07, 6.45) is -0.148. The van der Waals surface area contributed by atoms with Crippen molar-refractivity contribution >= 4 is 22.8 Å². The Morgan fingerprint density at radius 2 is 1.88 bits per heavy atom. The van der Waals surface area contributed by atoms with Crippen molar-refractivity contribution in [3.8, 4) is 5.75 Å². The largest absolute Gasteiger partial charge is 0.483 e. The Hall–Kier alpha value is -2.83. The van der Waals surface area contributed by atoms with Crippen molar-refractivity contribution in [1.82, 2.24) is 5.32 Å². The summed E-state index contributed by atoms with van der Waals surface area (Å²) in [4.78, 5) is 33.8. The van der Waals surface area contributed by atoms with Crippen LogP contribution in [0.4, 0.5) is 0 Å². The summed E-state index contributed by atoms with van der Waals surface area (Å²) in [7, 11) is 0. The molecule has 24 heavy (non-hydrogen) atoms. The van der Waals surface area contributed by atoms with Gasteiger partial charge in [0.1, 0.15) is 11.3 Å². The number of nitrogens with one attached hydrogen (secondary N) is 1. The maximum absolute atomic E-state index is 11.8. The lowest BCUT2D eigenvalue weighted by Gasteiger charge is -2.12. The molecule has 0 saturated carbocycles. The van der Waals surface area contributed by atoms with E-state index in [1.165, 1.54) is 0 Å². The number of rotatable bonds is 6. The molecule has 7 nitrogen and oxygen atoms in total. The third-order valence-electron chi connectivity index (χ3n) is 3.84. The molecule has 0 radical (unpaired) electrons. The normalized spacial score (nSPS) is 10.6. The van der Waals surface area contributed by atoms with E-state index in [0.29, 0.717) is 22.5 Å². The van der Waals surface area contributed by atoms with Crippen LogP contribution in [0.1, 0.15) is 23.1 Å². The average Bonchev–Trinajstić information content (AvgIpc) is 2.52. The number of hydrogen-bond donors (Lipinski definition) is 2. The van der Waals surface area contributed by atoms with E-state index in [1.807, 2.05) is 6.92 Å². The molecule has 1 heterocycles. The van der Waals surface area contributed by atoms with Gasteiger partial charge in [0.15, 0.2) is 6.61 Å². The van der Waals surface area contributed by atoms with Crippen LogP contribution in [-0.4, -0.2) is 30.1 Å². The Morgan fingerprint density at radius 3 is 2.54 bits per heavy atom. The minimum Gasteiger partial charge on any atom is -0.483 e. The second-order valence-corrected chi connectivity index (χ2v) is 5.49. The minimum absolute atomic E-state index is 0.0432. The molecule has 1 amide bonds. The molecular weight excluding hydrogens is 314 g/mol. The van der Waals surface area contributed by atoms with Crippen molar-refractivity contribution in [3.05, 3.63) is 39.2 Å². The minimum atomic E-state index is -0.984. The number of ether oxygens (including phenoxy) is 1. The van der Waals surface area contributed by atoms with E-state index in [9.17, 15) is 14.4 Å². The number of carboxylic acids is 1. The van der Waals surface area contributed by atoms with Gasteiger partial charge >= 0.3 is 11.6 Å². The second kappa shape index (κ2) is 7.16. The Balaban J connectivity index is 2.15. The summed E-state index contributed by atoms with van der Waals surface area (Å²) in [5.41, 5.74) is 2.08. The van der Waals surface area contributed by atoms with Crippen LogP contribution in [0.2, 0.25) is 0 Å². The zero-order valence-electron chi connectivity index (χ0n) is 13.8. The third kappa shape index (κ3) is 3.73. The lowest BCUT2D eigenvalue weighted by Crippen LogP contribution is -2.30. The zero-order chi connectivity index (χ0) is 17.9. The van der Waals surface area contributed by atoms with E-state index >= 15 is 0 Å². The van der Waals surface area contributed by atoms with Crippen LogP contribution in [0.3, 0.4) is 0 Å². The van der Waals surface area contributed by atoms with Crippen LogP contribution in [0, 0.1) is 20.8 Å². The Bertz CT molecular complexity index is 852. The molecule has 0 fully saturated rings. The smallest absolute Gasteiger partial charge is 0.339 e.